The zero-order valence-electron chi connectivity index (χ0n) is 32.0. The minimum absolute atomic E-state index is 0.109. The van der Waals surface area contributed by atoms with E-state index in [0.29, 0.717) is 17.4 Å². The maximum Gasteiger partial charge on any atom is 0.225 e. The van der Waals surface area contributed by atoms with Crippen molar-refractivity contribution in [3.8, 4) is 11.3 Å². The zero-order chi connectivity index (χ0) is 34.6. The highest BCUT2D eigenvalue weighted by atomic mass is 16.2. The summed E-state index contributed by atoms with van der Waals surface area (Å²) in [4.78, 5) is 25.5. The third kappa shape index (κ3) is 11.4. The quantitative estimate of drug-likeness (QED) is 0.258. The number of nitrogens with one attached hydrogen (secondary N) is 1. The molecule has 47 heavy (non-hydrogen) atoms. The molecule has 2 saturated heterocycles. The Hall–Kier alpha value is -2.22. The standard InChI is InChI=1S/C40H68N6O/c1-31(27-42-38(5,6)7)45-28-35(41-30-45)33-14-12-32(13-15-33)26-39(8,9)18-19-40(10,11)46-24-22-44(23-25-46)36(47)34-16-20-43(21-17-34)29-37(2,3)4/h12-15,28,30-31,34,42H,16-27,29H2,1-11H3/t31-/m1/s1. The second kappa shape index (κ2) is 15.1. The van der Waals surface area contributed by atoms with Gasteiger partial charge in [-0.3, -0.25) is 9.69 Å². The smallest absolute Gasteiger partial charge is 0.225 e. The topological polar surface area (TPSA) is 56.6 Å². The lowest BCUT2D eigenvalue weighted by Crippen LogP contribution is -2.57. The van der Waals surface area contributed by atoms with Crippen LogP contribution in [0.4, 0.5) is 0 Å². The number of likely N-dealkylation sites (tertiary alicyclic amines) is 1. The van der Waals surface area contributed by atoms with Gasteiger partial charge < -0.3 is 19.7 Å². The van der Waals surface area contributed by atoms with Crippen LogP contribution in [0.25, 0.3) is 11.3 Å². The largest absolute Gasteiger partial charge is 0.340 e. The molecule has 1 aromatic carbocycles. The third-order valence-corrected chi connectivity index (χ3v) is 10.5. The number of amides is 1. The molecule has 0 bridgehead atoms. The van der Waals surface area contributed by atoms with Crippen LogP contribution >= 0.6 is 0 Å². The van der Waals surface area contributed by atoms with E-state index in [9.17, 15) is 4.79 Å². The molecular weight excluding hydrogens is 580 g/mol. The van der Waals surface area contributed by atoms with Gasteiger partial charge in [0.1, 0.15) is 0 Å². The van der Waals surface area contributed by atoms with Gasteiger partial charge in [-0.2, -0.15) is 0 Å². The van der Waals surface area contributed by atoms with Crippen LogP contribution in [0.1, 0.15) is 113 Å². The first-order valence-corrected chi connectivity index (χ1v) is 18.4. The number of carbonyl (C=O) groups is 1. The maximum atomic E-state index is 13.4. The Balaban J connectivity index is 1.21. The van der Waals surface area contributed by atoms with Crippen LogP contribution in [0.15, 0.2) is 36.8 Å². The van der Waals surface area contributed by atoms with E-state index in [1.807, 2.05) is 6.33 Å². The number of hydrogen-bond donors (Lipinski definition) is 1. The fourth-order valence-electron chi connectivity index (χ4n) is 7.32. The summed E-state index contributed by atoms with van der Waals surface area (Å²) in [5.74, 6) is 0.615. The van der Waals surface area contributed by atoms with E-state index in [0.717, 1.165) is 83.7 Å². The molecule has 7 heteroatoms. The molecule has 1 atom stereocenters. The van der Waals surface area contributed by atoms with Crippen molar-refractivity contribution in [1.82, 2.24) is 29.6 Å². The molecule has 2 fully saturated rings. The van der Waals surface area contributed by atoms with E-state index in [1.54, 1.807) is 0 Å². The molecule has 7 nitrogen and oxygen atoms in total. The van der Waals surface area contributed by atoms with Gasteiger partial charge in [-0.05, 0) is 103 Å². The van der Waals surface area contributed by atoms with Gasteiger partial charge >= 0.3 is 0 Å². The first kappa shape index (κ1) is 37.6. The Kier molecular flexibility index (Phi) is 12.1. The average molecular weight is 649 g/mol. The summed E-state index contributed by atoms with van der Waals surface area (Å²) in [6.07, 6.45) is 9.53. The second-order valence-electron chi connectivity index (χ2n) is 18.5. The monoisotopic (exact) mass is 649 g/mol. The van der Waals surface area contributed by atoms with Crippen molar-refractivity contribution in [2.45, 2.75) is 125 Å². The Bertz CT molecular complexity index is 1270. The predicted octanol–water partition coefficient (Wildman–Crippen LogP) is 7.53. The van der Waals surface area contributed by atoms with Crippen LogP contribution in [0.2, 0.25) is 0 Å². The van der Waals surface area contributed by atoms with Crippen LogP contribution < -0.4 is 5.32 Å². The first-order valence-electron chi connectivity index (χ1n) is 18.4. The van der Waals surface area contributed by atoms with Crippen LogP contribution in [0.3, 0.4) is 0 Å². The van der Waals surface area contributed by atoms with Gasteiger partial charge in [-0.1, -0.05) is 58.9 Å². The summed E-state index contributed by atoms with van der Waals surface area (Å²) in [6.45, 7) is 33.2. The first-order chi connectivity index (χ1) is 21.8. The van der Waals surface area contributed by atoms with Gasteiger partial charge in [0.2, 0.25) is 5.91 Å². The van der Waals surface area contributed by atoms with Gasteiger partial charge in [0.15, 0.2) is 0 Å². The van der Waals surface area contributed by atoms with E-state index in [1.165, 1.54) is 17.5 Å². The number of piperazine rings is 1. The highest BCUT2D eigenvalue weighted by molar-refractivity contribution is 5.79. The van der Waals surface area contributed by atoms with Gasteiger partial charge in [-0.25, -0.2) is 4.98 Å². The summed E-state index contributed by atoms with van der Waals surface area (Å²) in [5, 5.41) is 3.59. The fraction of sp³-hybridized carbons (Fsp3) is 0.750. The van der Waals surface area contributed by atoms with E-state index in [2.05, 4.69) is 131 Å². The maximum absolute atomic E-state index is 13.4. The lowest BCUT2D eigenvalue weighted by atomic mass is 9.78. The van der Waals surface area contributed by atoms with Crippen molar-refractivity contribution in [2.24, 2.45) is 16.7 Å². The minimum atomic E-state index is 0.109. The van der Waals surface area contributed by atoms with Crippen molar-refractivity contribution in [2.75, 3.05) is 52.4 Å². The summed E-state index contributed by atoms with van der Waals surface area (Å²) < 4.78 is 2.21. The summed E-state index contributed by atoms with van der Waals surface area (Å²) in [6, 6.07) is 9.39. The van der Waals surface area contributed by atoms with E-state index >= 15 is 0 Å². The molecule has 1 aromatic heterocycles. The lowest BCUT2D eigenvalue weighted by molar-refractivity contribution is -0.139. The molecular formula is C40H68N6O. The normalized spacial score (nSPS) is 18.9. The molecule has 2 aliphatic heterocycles. The molecule has 0 radical (unpaired) electrons. The number of imidazole rings is 1. The highest BCUT2D eigenvalue weighted by Gasteiger charge is 2.35. The molecule has 4 rings (SSSR count). The molecule has 0 aliphatic carbocycles. The Morgan fingerprint density at radius 2 is 1.49 bits per heavy atom. The SMILES string of the molecule is C[C@H](CNC(C)(C)C)n1cnc(-c2ccc(CC(C)(C)CCC(C)(C)N3CCN(C(=O)C4CCN(CC(C)(C)C)CC4)CC3)cc2)c1. The van der Waals surface area contributed by atoms with Crippen LogP contribution in [-0.2, 0) is 11.2 Å². The number of piperidine rings is 1. The van der Waals surface area contributed by atoms with Crippen LogP contribution in [-0.4, -0.2) is 93.6 Å². The molecule has 2 aromatic rings. The summed E-state index contributed by atoms with van der Waals surface area (Å²) in [7, 11) is 0. The number of benzene rings is 1. The van der Waals surface area contributed by atoms with E-state index < -0.39 is 0 Å². The highest BCUT2D eigenvalue weighted by Crippen LogP contribution is 2.34. The van der Waals surface area contributed by atoms with Crippen molar-refractivity contribution >= 4 is 5.91 Å². The fourth-order valence-corrected chi connectivity index (χ4v) is 7.32. The molecule has 264 valence electrons. The summed E-state index contributed by atoms with van der Waals surface area (Å²) >= 11 is 0. The number of carbonyl (C=O) groups excluding carboxylic acids is 1. The van der Waals surface area contributed by atoms with E-state index in [4.69, 9.17) is 4.98 Å². The Labute approximate surface area is 287 Å². The molecule has 1 amide bonds. The minimum Gasteiger partial charge on any atom is -0.340 e. The molecule has 1 N–H and O–H groups in total. The van der Waals surface area contributed by atoms with Gasteiger partial charge in [0, 0.05) is 74.1 Å². The molecule has 3 heterocycles. The van der Waals surface area contributed by atoms with Crippen LogP contribution in [0, 0.1) is 16.7 Å². The van der Waals surface area contributed by atoms with Gasteiger partial charge in [0.25, 0.3) is 0 Å². The average Bonchev–Trinajstić information content (AvgIpc) is 3.49. The van der Waals surface area contributed by atoms with E-state index in [-0.39, 0.29) is 22.4 Å². The van der Waals surface area contributed by atoms with Crippen molar-refractivity contribution in [3.05, 3.63) is 42.4 Å². The van der Waals surface area contributed by atoms with Gasteiger partial charge in [-0.15, -0.1) is 0 Å². The molecule has 0 saturated carbocycles. The van der Waals surface area contributed by atoms with Crippen molar-refractivity contribution in [1.29, 1.82) is 0 Å². The lowest BCUT2D eigenvalue weighted by Gasteiger charge is -2.46. The number of hydrogen-bond acceptors (Lipinski definition) is 5. The zero-order valence-corrected chi connectivity index (χ0v) is 32.0. The second-order valence-corrected chi connectivity index (χ2v) is 18.5. The molecule has 0 spiro atoms. The van der Waals surface area contributed by atoms with Crippen LogP contribution in [0.5, 0.6) is 0 Å². The number of rotatable bonds is 12. The number of nitrogens with zero attached hydrogens (tertiary/aromatic N) is 5. The predicted molar refractivity (Wildman–Crippen MR) is 198 cm³/mol. The Morgan fingerprint density at radius 3 is 2.06 bits per heavy atom. The third-order valence-electron chi connectivity index (χ3n) is 10.5. The van der Waals surface area contributed by atoms with Gasteiger partial charge in [0.05, 0.1) is 12.0 Å². The van der Waals surface area contributed by atoms with Crippen molar-refractivity contribution < 1.29 is 4.79 Å². The Morgan fingerprint density at radius 1 is 0.872 bits per heavy atom. The summed E-state index contributed by atoms with van der Waals surface area (Å²) in [5.41, 5.74) is 4.33. The molecule has 0 unspecified atom stereocenters. The molecule has 2 aliphatic rings. The number of aromatic nitrogens is 2. The van der Waals surface area contributed by atoms with Crippen molar-refractivity contribution in [3.63, 3.8) is 0 Å².